The maximum absolute atomic E-state index is 6.69. The summed E-state index contributed by atoms with van der Waals surface area (Å²) in [5, 5.41) is 0. The average Bonchev–Trinajstić information content (AvgIpc) is 3.15. The van der Waals surface area contributed by atoms with Crippen molar-refractivity contribution >= 4 is 19.8 Å². The van der Waals surface area contributed by atoms with E-state index in [1.165, 1.54) is 0 Å². The van der Waals surface area contributed by atoms with Crippen LogP contribution in [0.5, 0.6) is 23.0 Å². The van der Waals surface area contributed by atoms with Crippen LogP contribution in [0.2, 0.25) is 0 Å². The fourth-order valence-corrected chi connectivity index (χ4v) is 9.13. The molecule has 0 saturated carbocycles. The molecule has 2 aliphatic heterocycles. The van der Waals surface area contributed by atoms with Gasteiger partial charge in [-0.05, 0) is 0 Å². The van der Waals surface area contributed by atoms with Crippen LogP contribution >= 0.6 is 0 Å². The summed E-state index contributed by atoms with van der Waals surface area (Å²) in [7, 11) is 0. The molecule has 182 valence electrons. The molecule has 0 amide bonds. The minimum absolute atomic E-state index is 0.101. The van der Waals surface area contributed by atoms with Gasteiger partial charge in [0.2, 0.25) is 0 Å². The van der Waals surface area contributed by atoms with Crippen LogP contribution in [-0.2, 0) is 21.7 Å². The normalized spacial score (nSPS) is 18.1. The van der Waals surface area contributed by atoms with Gasteiger partial charge >= 0.3 is 206 Å². The van der Waals surface area contributed by atoms with Gasteiger partial charge in [0, 0.05) is 0 Å². The summed E-state index contributed by atoms with van der Waals surface area (Å²) in [5.74, 6) is 3.16. The molecule has 1 spiro atoms. The molecule has 2 heterocycles. The Morgan fingerprint density at radius 3 is 0.727 bits per heavy atom. The fraction of sp³-hybridized carbons (Fsp3) is 0.571. The second kappa shape index (κ2) is 7.22. The molecule has 5 heteroatoms. The molecule has 2 aliphatic rings. The Balaban J connectivity index is 1.88. The monoisotopic (exact) mass is 570 g/mol. The molecular weight excluding hydrogens is 528 g/mol. The molecule has 0 atom stereocenters. The predicted octanol–water partition coefficient (Wildman–Crippen LogP) is 7.55. The van der Waals surface area contributed by atoms with Gasteiger partial charge in [0.1, 0.15) is 0 Å². The first kappa shape index (κ1) is 24.6. The first-order valence-corrected chi connectivity index (χ1v) is 15.6. The van der Waals surface area contributed by atoms with Crippen LogP contribution < -0.4 is 12.4 Å². The molecule has 33 heavy (non-hydrogen) atoms. The van der Waals surface area contributed by atoms with E-state index in [0.717, 1.165) is 45.3 Å². The Morgan fingerprint density at radius 1 is 0.394 bits per heavy atom. The van der Waals surface area contributed by atoms with Crippen molar-refractivity contribution < 1.29 is 12.4 Å². The van der Waals surface area contributed by atoms with Gasteiger partial charge in [-0.25, -0.2) is 0 Å². The SMILES string of the molecule is CC(C)(C)c1ccc(C(C)(C)C)c2c1O[Te]1(O2)Oc2c(C(C)(C)C)ccc(C(C)(C)C)c2O1. The summed E-state index contributed by atoms with van der Waals surface area (Å²) in [5.41, 5.74) is 4.06. The molecule has 0 aliphatic carbocycles. The Bertz CT molecular complexity index is 926. The van der Waals surface area contributed by atoms with Crippen LogP contribution in [0.15, 0.2) is 24.3 Å². The molecule has 0 unspecified atom stereocenters. The molecule has 0 radical (unpaired) electrons. The van der Waals surface area contributed by atoms with E-state index >= 15 is 0 Å². The van der Waals surface area contributed by atoms with Crippen molar-refractivity contribution in [2.24, 2.45) is 0 Å². The van der Waals surface area contributed by atoms with Gasteiger partial charge in [0.25, 0.3) is 0 Å². The number of hydrogen-bond acceptors (Lipinski definition) is 4. The van der Waals surface area contributed by atoms with Gasteiger partial charge in [0.05, 0.1) is 0 Å². The van der Waals surface area contributed by atoms with Crippen molar-refractivity contribution in [3.63, 3.8) is 0 Å². The van der Waals surface area contributed by atoms with Crippen molar-refractivity contribution in [3.8, 4) is 23.0 Å². The standard InChI is InChI=1S/C28H40O4Te/c1-25(2,3)17-13-14-18(26(4,5)6)22-21(17)29-33(30-22)31-23-19(27(7,8)9)15-16-20(24(23)32-33)28(10,11)12/h13-16H,1-12H3. The molecule has 2 aromatic carbocycles. The van der Waals surface area contributed by atoms with Gasteiger partial charge in [-0.2, -0.15) is 0 Å². The zero-order valence-electron chi connectivity index (χ0n) is 22.4. The van der Waals surface area contributed by atoms with E-state index < -0.39 is 19.8 Å². The zero-order valence-corrected chi connectivity index (χ0v) is 24.7. The Kier molecular flexibility index (Phi) is 5.37. The van der Waals surface area contributed by atoms with Gasteiger partial charge in [0.15, 0.2) is 0 Å². The quantitative estimate of drug-likeness (QED) is 0.308. The summed E-state index contributed by atoms with van der Waals surface area (Å²) in [4.78, 5) is 0. The Hall–Kier alpha value is -1.57. The summed E-state index contributed by atoms with van der Waals surface area (Å²) >= 11 is -4.20. The topological polar surface area (TPSA) is 36.9 Å². The van der Waals surface area contributed by atoms with Gasteiger partial charge in [-0.1, -0.05) is 0 Å². The van der Waals surface area contributed by atoms with Crippen LogP contribution in [0.25, 0.3) is 0 Å². The summed E-state index contributed by atoms with van der Waals surface area (Å²) < 4.78 is 26.8. The van der Waals surface area contributed by atoms with Crippen LogP contribution in [0, 0.1) is 0 Å². The van der Waals surface area contributed by atoms with Crippen LogP contribution in [-0.4, -0.2) is 19.8 Å². The van der Waals surface area contributed by atoms with Crippen molar-refractivity contribution in [1.82, 2.24) is 0 Å². The Labute approximate surface area is 205 Å². The third kappa shape index (κ3) is 4.21. The Morgan fingerprint density at radius 2 is 0.576 bits per heavy atom. The third-order valence-electron chi connectivity index (χ3n) is 6.20. The van der Waals surface area contributed by atoms with Crippen molar-refractivity contribution in [2.75, 3.05) is 0 Å². The van der Waals surface area contributed by atoms with E-state index in [4.69, 9.17) is 12.4 Å². The summed E-state index contributed by atoms with van der Waals surface area (Å²) in [6.07, 6.45) is 0. The number of benzene rings is 2. The zero-order chi connectivity index (χ0) is 24.8. The van der Waals surface area contributed by atoms with E-state index in [9.17, 15) is 0 Å². The maximum atomic E-state index is 6.69. The first-order chi connectivity index (χ1) is 14.8. The molecule has 0 bridgehead atoms. The van der Waals surface area contributed by atoms with E-state index in [-0.39, 0.29) is 21.7 Å². The number of fused-ring (bicyclic) bond motifs is 2. The first-order valence-electron chi connectivity index (χ1n) is 11.8. The summed E-state index contributed by atoms with van der Waals surface area (Å²) in [6.45, 7) is 26.4. The summed E-state index contributed by atoms with van der Waals surface area (Å²) in [6, 6.07) is 8.70. The molecule has 0 N–H and O–H groups in total. The number of rotatable bonds is 0. The second-order valence-corrected chi connectivity index (χ2v) is 17.6. The van der Waals surface area contributed by atoms with Crippen LogP contribution in [0.4, 0.5) is 0 Å². The molecule has 0 aromatic heterocycles. The number of hydrogen-bond donors (Lipinski definition) is 0. The van der Waals surface area contributed by atoms with E-state index in [2.05, 4.69) is 107 Å². The average molecular weight is 568 g/mol. The third-order valence-corrected chi connectivity index (χ3v) is 10.4. The van der Waals surface area contributed by atoms with E-state index in [1.54, 1.807) is 0 Å². The van der Waals surface area contributed by atoms with Gasteiger partial charge in [-0.15, -0.1) is 0 Å². The molecule has 4 nitrogen and oxygen atoms in total. The molecule has 4 rings (SSSR count). The fourth-order valence-electron chi connectivity index (χ4n) is 4.33. The van der Waals surface area contributed by atoms with Crippen LogP contribution in [0.3, 0.4) is 0 Å². The van der Waals surface area contributed by atoms with Crippen molar-refractivity contribution in [3.05, 3.63) is 46.5 Å². The van der Waals surface area contributed by atoms with Gasteiger partial charge < -0.3 is 0 Å². The van der Waals surface area contributed by atoms with Crippen molar-refractivity contribution in [2.45, 2.75) is 105 Å². The predicted molar refractivity (Wildman–Crippen MR) is 136 cm³/mol. The molecule has 2 aromatic rings. The van der Waals surface area contributed by atoms with Gasteiger partial charge in [-0.3, -0.25) is 0 Å². The molecular formula is C28H40O4Te. The van der Waals surface area contributed by atoms with Crippen molar-refractivity contribution in [1.29, 1.82) is 0 Å². The second-order valence-electron chi connectivity index (χ2n) is 13.4. The van der Waals surface area contributed by atoms with E-state index in [1.807, 2.05) is 0 Å². The molecule has 0 fully saturated rings. The van der Waals surface area contributed by atoms with Crippen LogP contribution in [0.1, 0.15) is 105 Å². The van der Waals surface area contributed by atoms with E-state index in [0.29, 0.717) is 0 Å². The minimum atomic E-state index is -4.20. The molecule has 0 saturated heterocycles.